The van der Waals surface area contributed by atoms with Crippen LogP contribution in [0.1, 0.15) is 18.9 Å². The second-order valence-corrected chi connectivity index (χ2v) is 4.45. The number of nitrogens with one attached hydrogen (secondary N) is 1. The molecule has 0 aliphatic heterocycles. The quantitative estimate of drug-likeness (QED) is 0.769. The van der Waals surface area contributed by atoms with Gasteiger partial charge in [0.05, 0.1) is 6.54 Å². The molecule has 0 saturated heterocycles. The number of hydrogen-bond acceptors (Lipinski definition) is 2. The molecule has 1 N–H and O–H groups in total. The van der Waals surface area contributed by atoms with Crippen LogP contribution in [0.25, 0.3) is 0 Å². The summed E-state index contributed by atoms with van der Waals surface area (Å²) in [5, 5.41) is 3.00. The summed E-state index contributed by atoms with van der Waals surface area (Å²) in [7, 11) is 1.83. The lowest BCUT2D eigenvalue weighted by molar-refractivity contribution is -0.0375. The van der Waals surface area contributed by atoms with Crippen molar-refractivity contribution in [3.63, 3.8) is 0 Å². The third-order valence-corrected chi connectivity index (χ3v) is 2.84. The van der Waals surface area contributed by atoms with Crippen molar-refractivity contribution in [1.82, 2.24) is 10.2 Å². The number of hydrogen-bond donors (Lipinski definition) is 1. The molecule has 0 aliphatic rings. The van der Waals surface area contributed by atoms with E-state index in [1.54, 1.807) is 18.2 Å². The first-order valence-corrected chi connectivity index (χ1v) is 6.40. The van der Waals surface area contributed by atoms with Crippen molar-refractivity contribution in [2.45, 2.75) is 19.3 Å². The molecule has 0 spiro atoms. The second kappa shape index (κ2) is 7.44. The summed E-state index contributed by atoms with van der Waals surface area (Å²) in [5.74, 6) is -2.79. The lowest BCUT2D eigenvalue weighted by Gasteiger charge is -2.27. The highest BCUT2D eigenvalue weighted by atomic mass is 19.3. The Kier molecular flexibility index (Phi) is 6.22. The van der Waals surface area contributed by atoms with Crippen LogP contribution in [0.2, 0.25) is 0 Å². The molecule has 0 fully saturated rings. The van der Waals surface area contributed by atoms with Gasteiger partial charge in [0.1, 0.15) is 0 Å². The summed E-state index contributed by atoms with van der Waals surface area (Å²) in [6, 6.07) is 8.04. The Hall–Kier alpha value is -1.00. The number of nitrogens with zero attached hydrogens (tertiary/aromatic N) is 1. The van der Waals surface area contributed by atoms with Crippen molar-refractivity contribution in [3.05, 3.63) is 35.9 Å². The number of benzene rings is 1. The molecular formula is C14H22F2N2. The Labute approximate surface area is 108 Å². The fraction of sp³-hybridized carbons (Fsp3) is 0.571. The van der Waals surface area contributed by atoms with E-state index in [2.05, 4.69) is 5.32 Å². The van der Waals surface area contributed by atoms with Crippen molar-refractivity contribution in [2.75, 3.05) is 33.2 Å². The first kappa shape index (κ1) is 15.1. The normalized spacial score (nSPS) is 12.1. The average molecular weight is 256 g/mol. The fourth-order valence-corrected chi connectivity index (χ4v) is 1.91. The monoisotopic (exact) mass is 256 g/mol. The van der Waals surface area contributed by atoms with E-state index in [4.69, 9.17) is 0 Å². The molecule has 4 heteroatoms. The molecule has 0 atom stereocenters. The van der Waals surface area contributed by atoms with Crippen molar-refractivity contribution in [1.29, 1.82) is 0 Å². The van der Waals surface area contributed by atoms with Crippen LogP contribution < -0.4 is 5.32 Å². The Balaban J connectivity index is 2.66. The lowest BCUT2D eigenvalue weighted by atomic mass is 10.1. The predicted molar refractivity (Wildman–Crippen MR) is 71.0 cm³/mol. The molecule has 18 heavy (non-hydrogen) atoms. The van der Waals surface area contributed by atoms with Crippen LogP contribution in [0.15, 0.2) is 30.3 Å². The molecular weight excluding hydrogens is 234 g/mol. The lowest BCUT2D eigenvalue weighted by Crippen LogP contribution is -2.39. The third kappa shape index (κ3) is 4.70. The maximum absolute atomic E-state index is 14.1. The van der Waals surface area contributed by atoms with E-state index < -0.39 is 5.92 Å². The molecule has 0 unspecified atom stereocenters. The van der Waals surface area contributed by atoms with Gasteiger partial charge in [-0.05, 0) is 20.0 Å². The van der Waals surface area contributed by atoms with E-state index in [0.717, 1.165) is 13.0 Å². The SMILES string of the molecule is CCCN(CCNC)CC(F)(F)c1ccccc1. The number of likely N-dealkylation sites (N-methyl/N-ethyl adjacent to an activating group) is 1. The van der Waals surface area contributed by atoms with Crippen molar-refractivity contribution < 1.29 is 8.78 Å². The molecule has 102 valence electrons. The molecule has 0 radical (unpaired) electrons. The Morgan fingerprint density at radius 1 is 1.17 bits per heavy atom. The van der Waals surface area contributed by atoms with Crippen LogP contribution in [0.3, 0.4) is 0 Å². The standard InChI is InChI=1S/C14H22F2N2/c1-3-10-18(11-9-17-2)12-14(15,16)13-7-5-4-6-8-13/h4-8,17H,3,9-12H2,1-2H3. The Morgan fingerprint density at radius 3 is 2.39 bits per heavy atom. The van der Waals surface area contributed by atoms with Crippen molar-refractivity contribution in [2.24, 2.45) is 0 Å². The van der Waals surface area contributed by atoms with E-state index in [-0.39, 0.29) is 12.1 Å². The highest BCUT2D eigenvalue weighted by Gasteiger charge is 2.33. The van der Waals surface area contributed by atoms with Crippen LogP contribution in [0, 0.1) is 0 Å². The molecule has 0 aromatic heterocycles. The van der Waals surface area contributed by atoms with Gasteiger partial charge in [-0.2, -0.15) is 8.78 Å². The minimum Gasteiger partial charge on any atom is -0.318 e. The van der Waals surface area contributed by atoms with Crippen LogP contribution in [0.5, 0.6) is 0 Å². The van der Waals surface area contributed by atoms with Gasteiger partial charge in [0.25, 0.3) is 5.92 Å². The van der Waals surface area contributed by atoms with Gasteiger partial charge in [-0.1, -0.05) is 37.3 Å². The van der Waals surface area contributed by atoms with Gasteiger partial charge in [-0.15, -0.1) is 0 Å². The average Bonchev–Trinajstić information content (AvgIpc) is 2.37. The fourth-order valence-electron chi connectivity index (χ4n) is 1.91. The highest BCUT2D eigenvalue weighted by molar-refractivity contribution is 5.20. The maximum atomic E-state index is 14.1. The van der Waals surface area contributed by atoms with Crippen LogP contribution >= 0.6 is 0 Å². The van der Waals surface area contributed by atoms with Gasteiger partial charge in [0.15, 0.2) is 0 Å². The highest BCUT2D eigenvalue weighted by Crippen LogP contribution is 2.28. The topological polar surface area (TPSA) is 15.3 Å². The minimum absolute atomic E-state index is 0.0931. The van der Waals surface area contributed by atoms with E-state index in [1.807, 2.05) is 18.9 Å². The first-order valence-electron chi connectivity index (χ1n) is 6.40. The molecule has 1 rings (SSSR count). The van der Waals surface area contributed by atoms with E-state index in [1.165, 1.54) is 12.1 Å². The minimum atomic E-state index is -2.79. The molecule has 0 aliphatic carbocycles. The zero-order valence-electron chi connectivity index (χ0n) is 11.1. The number of halogens is 2. The number of alkyl halides is 2. The zero-order chi connectivity index (χ0) is 13.4. The van der Waals surface area contributed by atoms with Crippen LogP contribution in [-0.2, 0) is 5.92 Å². The van der Waals surface area contributed by atoms with Gasteiger partial charge < -0.3 is 5.32 Å². The smallest absolute Gasteiger partial charge is 0.285 e. The van der Waals surface area contributed by atoms with Gasteiger partial charge in [-0.25, -0.2) is 0 Å². The molecule has 0 bridgehead atoms. The summed E-state index contributed by atoms with van der Waals surface area (Å²) >= 11 is 0. The number of rotatable bonds is 8. The summed E-state index contributed by atoms with van der Waals surface area (Å²) in [6.07, 6.45) is 0.884. The largest absolute Gasteiger partial charge is 0.318 e. The van der Waals surface area contributed by atoms with Crippen LogP contribution in [-0.4, -0.2) is 38.1 Å². The van der Waals surface area contributed by atoms with Crippen molar-refractivity contribution >= 4 is 0 Å². The van der Waals surface area contributed by atoms with Gasteiger partial charge >= 0.3 is 0 Å². The maximum Gasteiger partial charge on any atom is 0.285 e. The van der Waals surface area contributed by atoms with E-state index in [9.17, 15) is 8.78 Å². The third-order valence-electron chi connectivity index (χ3n) is 2.84. The van der Waals surface area contributed by atoms with E-state index >= 15 is 0 Å². The summed E-state index contributed by atoms with van der Waals surface area (Å²) in [6.45, 7) is 3.86. The van der Waals surface area contributed by atoms with E-state index in [0.29, 0.717) is 13.1 Å². The predicted octanol–water partition coefficient (Wildman–Crippen LogP) is 2.71. The Morgan fingerprint density at radius 2 is 1.83 bits per heavy atom. The molecule has 1 aromatic carbocycles. The van der Waals surface area contributed by atoms with Gasteiger partial charge in [0.2, 0.25) is 0 Å². The molecule has 0 amide bonds. The molecule has 1 aromatic rings. The molecule has 2 nitrogen and oxygen atoms in total. The first-order chi connectivity index (χ1) is 8.60. The molecule has 0 heterocycles. The van der Waals surface area contributed by atoms with Gasteiger partial charge in [0, 0.05) is 18.7 Å². The summed E-state index contributed by atoms with van der Waals surface area (Å²) < 4.78 is 28.2. The van der Waals surface area contributed by atoms with Crippen LogP contribution in [0.4, 0.5) is 8.78 Å². The Bertz CT molecular complexity index is 328. The second-order valence-electron chi connectivity index (χ2n) is 4.45. The summed E-state index contributed by atoms with van der Waals surface area (Å²) in [4.78, 5) is 1.81. The zero-order valence-corrected chi connectivity index (χ0v) is 11.1. The summed E-state index contributed by atoms with van der Waals surface area (Å²) in [5.41, 5.74) is 0.0931. The van der Waals surface area contributed by atoms with Crippen molar-refractivity contribution in [3.8, 4) is 0 Å². The van der Waals surface area contributed by atoms with Gasteiger partial charge in [-0.3, -0.25) is 4.90 Å². The molecule has 0 saturated carbocycles.